The van der Waals surface area contributed by atoms with Crippen molar-refractivity contribution < 1.29 is 4.74 Å². The highest BCUT2D eigenvalue weighted by molar-refractivity contribution is 9.10. The van der Waals surface area contributed by atoms with Crippen molar-refractivity contribution in [3.8, 4) is 17.0 Å². The number of nitrogens with zero attached hydrogens (tertiary/aromatic N) is 3. The zero-order chi connectivity index (χ0) is 21.3. The summed E-state index contributed by atoms with van der Waals surface area (Å²) in [7, 11) is 1.66. The van der Waals surface area contributed by atoms with Gasteiger partial charge in [0.25, 0.3) is 5.56 Å². The van der Waals surface area contributed by atoms with Gasteiger partial charge in [-0.05, 0) is 29.8 Å². The Morgan fingerprint density at radius 2 is 2.10 bits per heavy atom. The molecule has 4 rings (SSSR count). The number of halogens is 1. The van der Waals surface area contributed by atoms with Crippen molar-refractivity contribution in [2.75, 3.05) is 13.7 Å². The molecule has 0 spiro atoms. The number of H-pyrrole nitrogens is 1. The lowest BCUT2D eigenvalue weighted by atomic mass is 10.0. The number of hydrogen-bond donors (Lipinski definition) is 1. The highest BCUT2D eigenvalue weighted by atomic mass is 79.9. The van der Waals surface area contributed by atoms with Gasteiger partial charge in [-0.3, -0.25) is 14.7 Å². The number of aromatic amines is 1. The van der Waals surface area contributed by atoms with E-state index >= 15 is 0 Å². The van der Waals surface area contributed by atoms with Crippen molar-refractivity contribution >= 4 is 15.9 Å². The monoisotopic (exact) mass is 468 g/mol. The number of hydrogen-bond acceptors (Lipinski definition) is 5. The van der Waals surface area contributed by atoms with Crippen LogP contribution in [-0.2, 0) is 19.5 Å². The Kier molecular flexibility index (Phi) is 6.01. The summed E-state index contributed by atoms with van der Waals surface area (Å²) in [5, 5.41) is 0. The third-order valence-electron chi connectivity index (χ3n) is 5.38. The van der Waals surface area contributed by atoms with Crippen LogP contribution in [0.15, 0.2) is 45.8 Å². The normalized spacial score (nSPS) is 14.0. The Balaban J connectivity index is 1.50. The predicted octanol–water partition coefficient (Wildman–Crippen LogP) is 4.28. The Hall–Kier alpha value is -2.51. The van der Waals surface area contributed by atoms with Crippen molar-refractivity contribution in [1.82, 2.24) is 19.9 Å². The number of rotatable bonds is 5. The van der Waals surface area contributed by atoms with E-state index in [1.807, 2.05) is 44.3 Å². The second-order valence-electron chi connectivity index (χ2n) is 7.89. The third-order valence-corrected chi connectivity index (χ3v) is 5.87. The molecule has 0 saturated carbocycles. The molecular weight excluding hydrogens is 444 g/mol. The maximum atomic E-state index is 12.5. The van der Waals surface area contributed by atoms with E-state index in [9.17, 15) is 4.79 Å². The maximum absolute atomic E-state index is 12.5. The number of pyridine rings is 1. The zero-order valence-electron chi connectivity index (χ0n) is 17.4. The standard InChI is InChI=1S/C23H25BrN4O2/c1-14(2)22-26-20-8-9-28(13-18(20)23(29)27-22)12-15-4-6-19(25-11-15)17-10-16(24)5-7-21(17)30-3/h4-7,10-11,14H,8-9,12-13H2,1-3H3,(H,26,27,29). The number of nitrogens with one attached hydrogen (secondary N) is 1. The first-order valence-electron chi connectivity index (χ1n) is 10.1. The predicted molar refractivity (Wildman–Crippen MR) is 121 cm³/mol. The van der Waals surface area contributed by atoms with Crippen molar-refractivity contribution in [3.63, 3.8) is 0 Å². The average molecular weight is 469 g/mol. The minimum Gasteiger partial charge on any atom is -0.496 e. The molecule has 0 radical (unpaired) electrons. The molecule has 6 nitrogen and oxygen atoms in total. The van der Waals surface area contributed by atoms with Crippen LogP contribution in [0.5, 0.6) is 5.75 Å². The molecule has 1 N–H and O–H groups in total. The second kappa shape index (κ2) is 8.70. The van der Waals surface area contributed by atoms with E-state index in [1.165, 1.54) is 0 Å². The van der Waals surface area contributed by atoms with Crippen LogP contribution < -0.4 is 10.3 Å². The number of methoxy groups -OCH3 is 1. The summed E-state index contributed by atoms with van der Waals surface area (Å²) in [6, 6.07) is 9.98. The second-order valence-corrected chi connectivity index (χ2v) is 8.80. The van der Waals surface area contributed by atoms with Gasteiger partial charge in [-0.1, -0.05) is 35.8 Å². The molecule has 0 amide bonds. The van der Waals surface area contributed by atoms with Crippen LogP contribution in [0.1, 0.15) is 42.4 Å². The molecule has 0 bridgehead atoms. The van der Waals surface area contributed by atoms with Gasteiger partial charge in [-0.25, -0.2) is 4.98 Å². The summed E-state index contributed by atoms with van der Waals surface area (Å²) in [6.45, 7) is 6.31. The van der Waals surface area contributed by atoms with Crippen molar-refractivity contribution in [2.45, 2.75) is 39.3 Å². The molecule has 3 aromatic rings. The lowest BCUT2D eigenvalue weighted by Gasteiger charge is -2.28. The van der Waals surface area contributed by atoms with Crippen LogP contribution in [0.25, 0.3) is 11.3 Å². The number of ether oxygens (including phenoxy) is 1. The Bertz CT molecular complexity index is 1110. The molecule has 1 aliphatic heterocycles. The molecule has 0 atom stereocenters. The Labute approximate surface area is 184 Å². The van der Waals surface area contributed by atoms with Gasteiger partial charge in [0, 0.05) is 48.2 Å². The van der Waals surface area contributed by atoms with Crippen LogP contribution in [0, 0.1) is 0 Å². The molecule has 3 heterocycles. The molecule has 30 heavy (non-hydrogen) atoms. The van der Waals surface area contributed by atoms with Crippen LogP contribution in [-0.4, -0.2) is 33.5 Å². The topological polar surface area (TPSA) is 71.1 Å². The minimum absolute atomic E-state index is 0.0105. The Morgan fingerprint density at radius 3 is 2.80 bits per heavy atom. The minimum atomic E-state index is -0.0105. The zero-order valence-corrected chi connectivity index (χ0v) is 19.0. The van der Waals surface area contributed by atoms with E-state index in [2.05, 4.69) is 41.8 Å². The summed E-state index contributed by atoms with van der Waals surface area (Å²) < 4.78 is 6.45. The van der Waals surface area contributed by atoms with Crippen LogP contribution in [0.4, 0.5) is 0 Å². The van der Waals surface area contributed by atoms with Gasteiger partial charge in [-0.2, -0.15) is 0 Å². The van der Waals surface area contributed by atoms with E-state index in [-0.39, 0.29) is 11.5 Å². The van der Waals surface area contributed by atoms with E-state index in [4.69, 9.17) is 4.74 Å². The Morgan fingerprint density at radius 1 is 1.27 bits per heavy atom. The lowest BCUT2D eigenvalue weighted by molar-refractivity contribution is 0.241. The van der Waals surface area contributed by atoms with E-state index < -0.39 is 0 Å². The molecule has 0 saturated heterocycles. The van der Waals surface area contributed by atoms with Gasteiger partial charge < -0.3 is 9.72 Å². The van der Waals surface area contributed by atoms with Gasteiger partial charge in [0.1, 0.15) is 11.6 Å². The fourth-order valence-corrected chi connectivity index (χ4v) is 4.09. The number of benzene rings is 1. The largest absolute Gasteiger partial charge is 0.496 e. The highest BCUT2D eigenvalue weighted by Crippen LogP contribution is 2.31. The first-order chi connectivity index (χ1) is 14.4. The summed E-state index contributed by atoms with van der Waals surface area (Å²) in [5.41, 5.74) is 4.64. The van der Waals surface area contributed by atoms with Crippen molar-refractivity contribution in [2.24, 2.45) is 0 Å². The number of fused-ring (bicyclic) bond motifs is 1. The lowest BCUT2D eigenvalue weighted by Crippen LogP contribution is -2.36. The van der Waals surface area contributed by atoms with E-state index in [1.54, 1.807) is 7.11 Å². The van der Waals surface area contributed by atoms with Crippen LogP contribution in [0.3, 0.4) is 0 Å². The average Bonchev–Trinajstić information content (AvgIpc) is 2.74. The fraction of sp³-hybridized carbons (Fsp3) is 0.348. The van der Waals surface area contributed by atoms with Gasteiger partial charge in [0.05, 0.1) is 24.1 Å². The summed E-state index contributed by atoms with van der Waals surface area (Å²) in [5.74, 6) is 1.78. The molecule has 1 aromatic carbocycles. The van der Waals surface area contributed by atoms with E-state index in [0.29, 0.717) is 6.54 Å². The van der Waals surface area contributed by atoms with Gasteiger partial charge >= 0.3 is 0 Å². The quantitative estimate of drug-likeness (QED) is 0.604. The summed E-state index contributed by atoms with van der Waals surface area (Å²) in [6.07, 6.45) is 2.69. The van der Waals surface area contributed by atoms with Crippen molar-refractivity contribution in [3.05, 3.63) is 74.0 Å². The maximum Gasteiger partial charge on any atom is 0.255 e. The van der Waals surface area contributed by atoms with Gasteiger partial charge in [-0.15, -0.1) is 0 Å². The molecule has 0 fully saturated rings. The number of aromatic nitrogens is 3. The van der Waals surface area contributed by atoms with E-state index in [0.717, 1.165) is 63.6 Å². The first-order valence-corrected chi connectivity index (χ1v) is 10.9. The van der Waals surface area contributed by atoms with Crippen LogP contribution >= 0.6 is 15.9 Å². The summed E-state index contributed by atoms with van der Waals surface area (Å²) >= 11 is 3.51. The fourth-order valence-electron chi connectivity index (χ4n) is 3.72. The summed E-state index contributed by atoms with van der Waals surface area (Å²) in [4.78, 5) is 27.1. The first kappa shape index (κ1) is 20.8. The smallest absolute Gasteiger partial charge is 0.255 e. The SMILES string of the molecule is COc1ccc(Br)cc1-c1ccc(CN2CCc3nc(C(C)C)[nH]c(=O)c3C2)cn1. The third kappa shape index (κ3) is 4.32. The van der Waals surface area contributed by atoms with Gasteiger partial charge in [0.2, 0.25) is 0 Å². The molecule has 0 aliphatic carbocycles. The molecule has 7 heteroatoms. The van der Waals surface area contributed by atoms with Crippen LogP contribution in [0.2, 0.25) is 0 Å². The molecule has 156 valence electrons. The molecule has 1 aliphatic rings. The molecular formula is C23H25BrN4O2. The highest BCUT2D eigenvalue weighted by Gasteiger charge is 2.22. The molecule has 0 unspecified atom stereocenters. The molecule has 2 aromatic heterocycles. The van der Waals surface area contributed by atoms with Gasteiger partial charge in [0.15, 0.2) is 0 Å². The van der Waals surface area contributed by atoms with Crippen molar-refractivity contribution in [1.29, 1.82) is 0 Å².